The standard InChI is InChI=1S/C25H30N4O2/c30-24(26-20-9-3-1-4-10-20)29-16-8-2-5-12-22(29)19-14-17-28(18-15-19)25-27-21-11-6-7-13-23(21)31-25/h1,3-4,6-7,9-11,13,19,22H,2,5,8,12,14-18H2,(H,26,30). The zero-order valence-corrected chi connectivity index (χ0v) is 17.9. The molecule has 1 unspecified atom stereocenters. The predicted molar refractivity (Wildman–Crippen MR) is 123 cm³/mol. The molecule has 31 heavy (non-hydrogen) atoms. The number of nitrogens with zero attached hydrogens (tertiary/aromatic N) is 3. The van der Waals surface area contributed by atoms with Crippen LogP contribution in [0.3, 0.4) is 0 Å². The fraction of sp³-hybridized carbons (Fsp3) is 0.440. The molecule has 3 heterocycles. The number of oxazole rings is 1. The molecule has 2 fully saturated rings. The lowest BCUT2D eigenvalue weighted by Gasteiger charge is -2.40. The van der Waals surface area contributed by atoms with Gasteiger partial charge in [0.25, 0.3) is 6.01 Å². The van der Waals surface area contributed by atoms with Crippen molar-refractivity contribution in [3.8, 4) is 0 Å². The number of para-hydroxylation sites is 3. The van der Waals surface area contributed by atoms with E-state index in [1.54, 1.807) is 0 Å². The first-order valence-electron chi connectivity index (χ1n) is 11.5. The highest BCUT2D eigenvalue weighted by atomic mass is 16.4. The molecular formula is C25H30N4O2. The van der Waals surface area contributed by atoms with Gasteiger partial charge < -0.3 is 19.5 Å². The van der Waals surface area contributed by atoms with Gasteiger partial charge in [0.1, 0.15) is 5.52 Å². The van der Waals surface area contributed by atoms with E-state index in [2.05, 4.69) is 20.1 Å². The van der Waals surface area contributed by atoms with Gasteiger partial charge in [-0.2, -0.15) is 4.98 Å². The number of amides is 2. The van der Waals surface area contributed by atoms with Crippen LogP contribution >= 0.6 is 0 Å². The highest BCUT2D eigenvalue weighted by Crippen LogP contribution is 2.32. The third-order valence-electron chi connectivity index (χ3n) is 6.72. The maximum atomic E-state index is 13.1. The smallest absolute Gasteiger partial charge is 0.322 e. The number of rotatable bonds is 3. The lowest BCUT2D eigenvalue weighted by atomic mass is 9.86. The fourth-order valence-electron chi connectivity index (χ4n) is 5.06. The molecule has 0 bridgehead atoms. The van der Waals surface area contributed by atoms with Crippen molar-refractivity contribution in [1.82, 2.24) is 9.88 Å². The minimum atomic E-state index is 0.0412. The zero-order valence-electron chi connectivity index (χ0n) is 17.9. The topological polar surface area (TPSA) is 61.6 Å². The number of benzene rings is 2. The van der Waals surface area contributed by atoms with Crippen molar-refractivity contribution >= 4 is 28.8 Å². The maximum Gasteiger partial charge on any atom is 0.322 e. The van der Waals surface area contributed by atoms with Gasteiger partial charge in [-0.1, -0.05) is 43.2 Å². The Kier molecular flexibility index (Phi) is 5.78. The Bertz CT molecular complexity index is 978. The zero-order chi connectivity index (χ0) is 21.0. The van der Waals surface area contributed by atoms with Gasteiger partial charge in [-0.05, 0) is 55.9 Å². The molecule has 2 amide bonds. The minimum absolute atomic E-state index is 0.0412. The van der Waals surface area contributed by atoms with Crippen LogP contribution in [-0.4, -0.2) is 41.6 Å². The summed E-state index contributed by atoms with van der Waals surface area (Å²) in [6, 6.07) is 18.8. The Morgan fingerprint density at radius 2 is 1.68 bits per heavy atom. The van der Waals surface area contributed by atoms with Crippen LogP contribution in [-0.2, 0) is 0 Å². The number of aromatic nitrogens is 1. The molecule has 1 atom stereocenters. The normalized spacial score (nSPS) is 20.6. The Labute approximate surface area is 183 Å². The van der Waals surface area contributed by atoms with E-state index in [4.69, 9.17) is 4.42 Å². The molecule has 6 heteroatoms. The van der Waals surface area contributed by atoms with Crippen LogP contribution in [0.5, 0.6) is 0 Å². The molecule has 0 aliphatic carbocycles. The number of likely N-dealkylation sites (tertiary alicyclic amines) is 1. The summed E-state index contributed by atoms with van der Waals surface area (Å²) < 4.78 is 5.97. The van der Waals surface area contributed by atoms with E-state index in [0.29, 0.717) is 12.0 Å². The Morgan fingerprint density at radius 1 is 0.903 bits per heavy atom. The molecule has 2 aliphatic heterocycles. The summed E-state index contributed by atoms with van der Waals surface area (Å²) in [5.74, 6) is 0.514. The van der Waals surface area contributed by atoms with Crippen LogP contribution in [0.15, 0.2) is 59.0 Å². The van der Waals surface area contributed by atoms with Crippen molar-refractivity contribution in [3.63, 3.8) is 0 Å². The number of piperidine rings is 1. The monoisotopic (exact) mass is 418 g/mol. The number of hydrogen-bond acceptors (Lipinski definition) is 4. The second-order valence-corrected chi connectivity index (χ2v) is 8.69. The Hall–Kier alpha value is -3.02. The molecule has 2 saturated heterocycles. The first kappa shape index (κ1) is 19.9. The summed E-state index contributed by atoms with van der Waals surface area (Å²) in [5.41, 5.74) is 2.61. The van der Waals surface area contributed by atoms with Crippen molar-refractivity contribution in [2.75, 3.05) is 29.9 Å². The van der Waals surface area contributed by atoms with Gasteiger partial charge in [-0.25, -0.2) is 4.79 Å². The second-order valence-electron chi connectivity index (χ2n) is 8.69. The van der Waals surface area contributed by atoms with Gasteiger partial charge in [0.15, 0.2) is 5.58 Å². The minimum Gasteiger partial charge on any atom is -0.423 e. The number of hydrogen-bond donors (Lipinski definition) is 1. The molecule has 3 aromatic rings. The van der Waals surface area contributed by atoms with E-state index in [1.165, 1.54) is 12.8 Å². The van der Waals surface area contributed by atoms with E-state index in [-0.39, 0.29) is 6.03 Å². The summed E-state index contributed by atoms with van der Waals surface area (Å²) in [6.45, 7) is 2.68. The summed E-state index contributed by atoms with van der Waals surface area (Å²) in [5, 5.41) is 3.11. The van der Waals surface area contributed by atoms with Crippen LogP contribution in [0.4, 0.5) is 16.5 Å². The van der Waals surface area contributed by atoms with Gasteiger partial charge in [-0.15, -0.1) is 0 Å². The Balaban J connectivity index is 1.26. The molecule has 1 aromatic heterocycles. The number of urea groups is 1. The molecule has 0 radical (unpaired) electrons. The van der Waals surface area contributed by atoms with Gasteiger partial charge >= 0.3 is 6.03 Å². The van der Waals surface area contributed by atoms with E-state index in [0.717, 1.165) is 68.1 Å². The molecule has 162 valence electrons. The van der Waals surface area contributed by atoms with E-state index < -0.39 is 0 Å². The Morgan fingerprint density at radius 3 is 2.48 bits per heavy atom. The highest BCUT2D eigenvalue weighted by Gasteiger charge is 2.34. The van der Waals surface area contributed by atoms with Crippen LogP contribution in [0.25, 0.3) is 11.1 Å². The lowest BCUT2D eigenvalue weighted by Crippen LogP contribution is -2.49. The first-order chi connectivity index (χ1) is 15.3. The first-order valence-corrected chi connectivity index (χ1v) is 11.5. The van der Waals surface area contributed by atoms with Crippen LogP contribution in [0.2, 0.25) is 0 Å². The summed E-state index contributed by atoms with van der Waals surface area (Å²) in [6.07, 6.45) is 6.69. The van der Waals surface area contributed by atoms with Crippen molar-refractivity contribution in [3.05, 3.63) is 54.6 Å². The number of anilines is 2. The average Bonchev–Trinajstić information content (AvgIpc) is 3.09. The van der Waals surface area contributed by atoms with Crippen LogP contribution < -0.4 is 10.2 Å². The van der Waals surface area contributed by atoms with E-state index in [1.807, 2.05) is 54.6 Å². The van der Waals surface area contributed by atoms with E-state index >= 15 is 0 Å². The molecule has 5 rings (SSSR count). The number of nitrogens with one attached hydrogen (secondary N) is 1. The molecule has 2 aliphatic rings. The highest BCUT2D eigenvalue weighted by molar-refractivity contribution is 5.89. The summed E-state index contributed by atoms with van der Waals surface area (Å²) in [7, 11) is 0. The SMILES string of the molecule is O=C(Nc1ccccc1)N1CCCCCC1C1CCN(c2nc3ccccc3o2)CC1. The van der Waals surface area contributed by atoms with Gasteiger partial charge in [0.2, 0.25) is 0 Å². The van der Waals surface area contributed by atoms with Crippen molar-refractivity contribution in [2.24, 2.45) is 5.92 Å². The van der Waals surface area contributed by atoms with Gasteiger partial charge in [-0.3, -0.25) is 0 Å². The third-order valence-corrected chi connectivity index (χ3v) is 6.72. The molecule has 6 nitrogen and oxygen atoms in total. The van der Waals surface area contributed by atoms with Crippen LogP contribution in [0.1, 0.15) is 38.5 Å². The second kappa shape index (κ2) is 9.00. The molecule has 0 spiro atoms. The van der Waals surface area contributed by atoms with E-state index in [9.17, 15) is 4.79 Å². The largest absolute Gasteiger partial charge is 0.423 e. The molecular weight excluding hydrogens is 388 g/mol. The summed E-state index contributed by atoms with van der Waals surface area (Å²) >= 11 is 0. The quantitative estimate of drug-likeness (QED) is 0.608. The molecule has 2 aromatic carbocycles. The third kappa shape index (κ3) is 4.38. The molecule has 1 N–H and O–H groups in total. The number of carbonyl (C=O) groups is 1. The van der Waals surface area contributed by atoms with Crippen LogP contribution in [0, 0.1) is 5.92 Å². The number of carbonyl (C=O) groups excluding carboxylic acids is 1. The van der Waals surface area contributed by atoms with Gasteiger partial charge in [0.05, 0.1) is 0 Å². The summed E-state index contributed by atoms with van der Waals surface area (Å²) in [4.78, 5) is 22.2. The van der Waals surface area contributed by atoms with Gasteiger partial charge in [0, 0.05) is 31.4 Å². The maximum absolute atomic E-state index is 13.1. The fourth-order valence-corrected chi connectivity index (χ4v) is 5.06. The van der Waals surface area contributed by atoms with Crippen molar-refractivity contribution in [2.45, 2.75) is 44.6 Å². The van der Waals surface area contributed by atoms with Crippen molar-refractivity contribution < 1.29 is 9.21 Å². The lowest BCUT2D eigenvalue weighted by molar-refractivity contribution is 0.146. The van der Waals surface area contributed by atoms with Crippen molar-refractivity contribution in [1.29, 1.82) is 0 Å². The predicted octanol–water partition coefficient (Wildman–Crippen LogP) is 5.52. The molecule has 0 saturated carbocycles. The number of fused-ring (bicyclic) bond motifs is 1. The average molecular weight is 419 g/mol.